The molecule has 1 aromatic rings. The van der Waals surface area contributed by atoms with Gasteiger partial charge in [-0.3, -0.25) is 9.78 Å². The number of likely N-dealkylation sites (tertiary alicyclic amines) is 1. The molecule has 0 unspecified atom stereocenters. The highest BCUT2D eigenvalue weighted by atomic mass is 16.5. The summed E-state index contributed by atoms with van der Waals surface area (Å²) in [5.74, 6) is 0.502. The number of piperidine rings is 1. The molecule has 3 heterocycles. The van der Waals surface area contributed by atoms with Gasteiger partial charge in [0.25, 0.3) is 0 Å². The van der Waals surface area contributed by atoms with Crippen LogP contribution >= 0.6 is 0 Å². The molecule has 2 saturated heterocycles. The monoisotopic (exact) mass is 331 g/mol. The molecule has 132 valence electrons. The molecule has 2 aliphatic heterocycles. The van der Waals surface area contributed by atoms with Crippen LogP contribution < -0.4 is 0 Å². The van der Waals surface area contributed by atoms with Gasteiger partial charge in [0, 0.05) is 64.2 Å². The van der Waals surface area contributed by atoms with Crippen molar-refractivity contribution in [3.63, 3.8) is 0 Å². The summed E-state index contributed by atoms with van der Waals surface area (Å²) in [7, 11) is 2.00. The maximum atomic E-state index is 12.6. The molecule has 0 aliphatic carbocycles. The summed E-state index contributed by atoms with van der Waals surface area (Å²) in [6.45, 7) is 4.73. The maximum Gasteiger partial charge on any atom is 0.225 e. The van der Waals surface area contributed by atoms with Crippen LogP contribution in [0.3, 0.4) is 0 Å². The lowest BCUT2D eigenvalue weighted by Crippen LogP contribution is -2.48. The first-order valence-electron chi connectivity index (χ1n) is 9.19. The van der Waals surface area contributed by atoms with E-state index < -0.39 is 0 Å². The van der Waals surface area contributed by atoms with Crippen LogP contribution in [-0.4, -0.2) is 66.6 Å². The number of aromatic nitrogens is 1. The number of ether oxygens (including phenoxy) is 1. The van der Waals surface area contributed by atoms with Crippen LogP contribution in [0, 0.1) is 5.92 Å². The molecule has 3 rings (SSSR count). The van der Waals surface area contributed by atoms with Gasteiger partial charge in [0.2, 0.25) is 5.91 Å². The van der Waals surface area contributed by atoms with Crippen molar-refractivity contribution in [3.05, 3.63) is 30.1 Å². The number of hydrogen-bond donors (Lipinski definition) is 0. The van der Waals surface area contributed by atoms with E-state index in [1.165, 1.54) is 5.56 Å². The molecule has 5 nitrogen and oxygen atoms in total. The molecular formula is C19H29N3O2. The van der Waals surface area contributed by atoms with E-state index in [0.29, 0.717) is 11.9 Å². The second-order valence-electron chi connectivity index (χ2n) is 7.01. The zero-order valence-corrected chi connectivity index (χ0v) is 14.7. The lowest BCUT2D eigenvalue weighted by molar-refractivity contribution is -0.140. The molecule has 0 aromatic carbocycles. The van der Waals surface area contributed by atoms with E-state index in [1.807, 2.05) is 24.3 Å². The molecule has 5 heteroatoms. The minimum absolute atomic E-state index is 0.175. The van der Waals surface area contributed by atoms with E-state index in [2.05, 4.69) is 22.0 Å². The van der Waals surface area contributed by atoms with Crippen molar-refractivity contribution in [2.24, 2.45) is 5.92 Å². The Bertz CT molecular complexity index is 509. The number of amides is 1. The average molecular weight is 331 g/mol. The normalized spacial score (nSPS) is 20.9. The van der Waals surface area contributed by atoms with Crippen LogP contribution in [0.15, 0.2) is 24.5 Å². The van der Waals surface area contributed by atoms with Crippen LogP contribution in [0.4, 0.5) is 0 Å². The van der Waals surface area contributed by atoms with E-state index in [0.717, 1.165) is 65.0 Å². The van der Waals surface area contributed by atoms with Crippen molar-refractivity contribution in [1.29, 1.82) is 0 Å². The van der Waals surface area contributed by atoms with Gasteiger partial charge in [-0.05, 0) is 49.8 Å². The molecule has 1 amide bonds. The first-order valence-corrected chi connectivity index (χ1v) is 9.19. The summed E-state index contributed by atoms with van der Waals surface area (Å²) < 4.78 is 5.37. The Morgan fingerprint density at radius 2 is 1.88 bits per heavy atom. The highest BCUT2D eigenvalue weighted by molar-refractivity contribution is 5.79. The number of hydrogen-bond acceptors (Lipinski definition) is 4. The molecule has 2 fully saturated rings. The topological polar surface area (TPSA) is 45.7 Å². The number of rotatable bonds is 5. The van der Waals surface area contributed by atoms with Crippen molar-refractivity contribution in [2.45, 2.75) is 38.1 Å². The molecule has 0 N–H and O–H groups in total. The van der Waals surface area contributed by atoms with Crippen LogP contribution in [0.5, 0.6) is 0 Å². The van der Waals surface area contributed by atoms with Gasteiger partial charge < -0.3 is 14.5 Å². The zero-order valence-electron chi connectivity index (χ0n) is 14.7. The standard InChI is InChI=1S/C19H29N3O2/c1-21(19(23)17-7-14-24-15-8-17)18-5-12-22(13-6-18)11-4-16-2-9-20-10-3-16/h2-3,9-10,17-18H,4-8,11-15H2,1H3. The molecule has 0 bridgehead atoms. The second-order valence-corrected chi connectivity index (χ2v) is 7.01. The lowest BCUT2D eigenvalue weighted by atomic mass is 9.96. The quantitative estimate of drug-likeness (QED) is 0.828. The van der Waals surface area contributed by atoms with Gasteiger partial charge in [0.1, 0.15) is 0 Å². The van der Waals surface area contributed by atoms with Crippen LogP contribution in [0.25, 0.3) is 0 Å². The van der Waals surface area contributed by atoms with Gasteiger partial charge >= 0.3 is 0 Å². The summed E-state index contributed by atoms with van der Waals surface area (Å²) in [6.07, 6.45) is 8.73. The summed E-state index contributed by atoms with van der Waals surface area (Å²) in [4.78, 5) is 21.2. The summed E-state index contributed by atoms with van der Waals surface area (Å²) in [6, 6.07) is 4.58. The van der Waals surface area contributed by atoms with Crippen LogP contribution in [-0.2, 0) is 16.0 Å². The molecule has 2 aliphatic rings. The third-order valence-corrected chi connectivity index (χ3v) is 5.49. The van der Waals surface area contributed by atoms with E-state index >= 15 is 0 Å². The molecule has 24 heavy (non-hydrogen) atoms. The summed E-state index contributed by atoms with van der Waals surface area (Å²) >= 11 is 0. The summed E-state index contributed by atoms with van der Waals surface area (Å²) in [5, 5.41) is 0. The van der Waals surface area contributed by atoms with E-state index in [1.54, 1.807) is 0 Å². The van der Waals surface area contributed by atoms with Crippen molar-refractivity contribution in [1.82, 2.24) is 14.8 Å². The maximum absolute atomic E-state index is 12.6. The zero-order chi connectivity index (χ0) is 16.8. The third kappa shape index (κ3) is 4.54. The summed E-state index contributed by atoms with van der Waals surface area (Å²) in [5.41, 5.74) is 1.35. The largest absolute Gasteiger partial charge is 0.381 e. The lowest BCUT2D eigenvalue weighted by Gasteiger charge is -2.38. The molecule has 0 saturated carbocycles. The Morgan fingerprint density at radius 1 is 1.21 bits per heavy atom. The van der Waals surface area contributed by atoms with Gasteiger partial charge in [-0.2, -0.15) is 0 Å². The van der Waals surface area contributed by atoms with Gasteiger partial charge in [-0.25, -0.2) is 0 Å². The van der Waals surface area contributed by atoms with Gasteiger partial charge in [-0.1, -0.05) is 0 Å². The van der Waals surface area contributed by atoms with Crippen molar-refractivity contribution < 1.29 is 9.53 Å². The minimum Gasteiger partial charge on any atom is -0.381 e. The number of carbonyl (C=O) groups is 1. The number of nitrogens with zero attached hydrogens (tertiary/aromatic N) is 3. The highest BCUT2D eigenvalue weighted by Crippen LogP contribution is 2.22. The smallest absolute Gasteiger partial charge is 0.225 e. The highest BCUT2D eigenvalue weighted by Gasteiger charge is 2.30. The Morgan fingerprint density at radius 3 is 2.54 bits per heavy atom. The SMILES string of the molecule is CN(C(=O)C1CCOCC1)C1CCN(CCc2ccncc2)CC1. The van der Waals surface area contributed by atoms with Gasteiger partial charge in [0.05, 0.1) is 0 Å². The predicted molar refractivity (Wildman–Crippen MR) is 93.7 cm³/mol. The minimum atomic E-state index is 0.175. The van der Waals surface area contributed by atoms with Crippen LogP contribution in [0.2, 0.25) is 0 Å². The predicted octanol–water partition coefficient (Wildman–Crippen LogP) is 1.97. The molecule has 1 aromatic heterocycles. The van der Waals surface area contributed by atoms with Crippen molar-refractivity contribution in [2.75, 3.05) is 39.9 Å². The fourth-order valence-corrected chi connectivity index (χ4v) is 3.78. The van der Waals surface area contributed by atoms with Crippen LogP contribution in [0.1, 0.15) is 31.2 Å². The first kappa shape index (κ1) is 17.4. The van der Waals surface area contributed by atoms with Gasteiger partial charge in [-0.15, -0.1) is 0 Å². The molecule has 0 radical (unpaired) electrons. The molecule has 0 spiro atoms. The Hall–Kier alpha value is -1.46. The average Bonchev–Trinajstić information content (AvgIpc) is 2.67. The Balaban J connectivity index is 1.41. The van der Waals surface area contributed by atoms with Crippen molar-refractivity contribution in [3.8, 4) is 0 Å². The molecule has 0 atom stereocenters. The fraction of sp³-hybridized carbons (Fsp3) is 0.684. The number of pyridine rings is 1. The fourth-order valence-electron chi connectivity index (χ4n) is 3.78. The molecular weight excluding hydrogens is 302 g/mol. The first-order chi connectivity index (χ1) is 11.7. The van der Waals surface area contributed by atoms with Crippen molar-refractivity contribution >= 4 is 5.91 Å². The van der Waals surface area contributed by atoms with E-state index in [4.69, 9.17) is 4.74 Å². The number of carbonyl (C=O) groups excluding carboxylic acids is 1. The van der Waals surface area contributed by atoms with E-state index in [9.17, 15) is 4.79 Å². The van der Waals surface area contributed by atoms with E-state index in [-0.39, 0.29) is 5.92 Å². The van der Waals surface area contributed by atoms with Gasteiger partial charge in [0.15, 0.2) is 0 Å². The Labute approximate surface area is 145 Å². The third-order valence-electron chi connectivity index (χ3n) is 5.49. The Kier molecular flexibility index (Phi) is 6.21. The second kappa shape index (κ2) is 8.58.